The van der Waals surface area contributed by atoms with Gasteiger partial charge in [-0.2, -0.15) is 0 Å². The first-order chi connectivity index (χ1) is 6.68. The van der Waals surface area contributed by atoms with Gasteiger partial charge in [-0.25, -0.2) is 0 Å². The molecular weight excluding hydrogens is 170 g/mol. The molecule has 0 saturated heterocycles. The zero-order valence-electron chi connectivity index (χ0n) is 9.73. The molecule has 1 N–H and O–H groups in total. The van der Waals surface area contributed by atoms with Crippen LogP contribution >= 0.6 is 0 Å². The normalized spacial score (nSPS) is 9.79. The van der Waals surface area contributed by atoms with Crippen LogP contribution in [-0.2, 0) is 0 Å². The second kappa shape index (κ2) is 4.32. The Hall–Kier alpha value is -1.24. The summed E-state index contributed by atoms with van der Waals surface area (Å²) in [5, 5.41) is 1.32. The summed E-state index contributed by atoms with van der Waals surface area (Å²) < 4.78 is 0. The summed E-state index contributed by atoms with van der Waals surface area (Å²) in [4.78, 5) is 3.37. The summed E-state index contributed by atoms with van der Waals surface area (Å²) in [6.45, 7) is 10.4. The van der Waals surface area contributed by atoms with Gasteiger partial charge in [0, 0.05) is 11.2 Å². The molecule has 0 radical (unpaired) electrons. The number of rotatable bonds is 0. The molecule has 1 nitrogen and oxygen atoms in total. The van der Waals surface area contributed by atoms with Gasteiger partial charge < -0.3 is 4.98 Å². The van der Waals surface area contributed by atoms with Gasteiger partial charge in [0.1, 0.15) is 0 Å². The largest absolute Gasteiger partial charge is 0.358 e. The van der Waals surface area contributed by atoms with Gasteiger partial charge in [-0.3, -0.25) is 0 Å². The molecular formula is C13H19N. The average Bonchev–Trinajstić information content (AvgIpc) is 2.57. The van der Waals surface area contributed by atoms with Crippen molar-refractivity contribution in [3.05, 3.63) is 35.0 Å². The second-order valence-electron chi connectivity index (χ2n) is 3.42. The van der Waals surface area contributed by atoms with E-state index in [1.165, 1.54) is 27.7 Å². The highest BCUT2D eigenvalue weighted by molar-refractivity contribution is 5.84. The molecule has 1 heterocycles. The number of hydrogen-bond acceptors (Lipinski definition) is 0. The fourth-order valence-corrected chi connectivity index (χ4v) is 1.59. The van der Waals surface area contributed by atoms with E-state index in [9.17, 15) is 0 Å². The monoisotopic (exact) mass is 189 g/mol. The number of aromatic nitrogens is 1. The SMILES string of the molecule is CC.Cc1cc2ccc(C)c(C)c2[nH]1. The summed E-state index contributed by atoms with van der Waals surface area (Å²) in [6.07, 6.45) is 0. The number of hydrogen-bond donors (Lipinski definition) is 1. The molecule has 0 saturated carbocycles. The molecule has 1 heteroatoms. The standard InChI is InChI=1S/C11H13N.C2H6/c1-7-4-5-10-6-8(2)12-11(10)9(7)3;1-2/h4-6,12H,1-3H3;1-2H3. The van der Waals surface area contributed by atoms with Crippen LogP contribution in [-0.4, -0.2) is 4.98 Å². The first kappa shape index (κ1) is 10.8. The third-order valence-electron chi connectivity index (χ3n) is 2.46. The molecule has 76 valence electrons. The number of aromatic amines is 1. The molecule has 0 amide bonds. The second-order valence-corrected chi connectivity index (χ2v) is 3.42. The van der Waals surface area contributed by atoms with E-state index < -0.39 is 0 Å². The Morgan fingerprint density at radius 3 is 2.29 bits per heavy atom. The molecule has 1 aromatic carbocycles. The van der Waals surface area contributed by atoms with Crippen LogP contribution in [0.2, 0.25) is 0 Å². The summed E-state index contributed by atoms with van der Waals surface area (Å²) in [7, 11) is 0. The maximum atomic E-state index is 3.37. The molecule has 2 aromatic rings. The Kier molecular flexibility index (Phi) is 3.34. The van der Waals surface area contributed by atoms with E-state index in [-0.39, 0.29) is 0 Å². The molecule has 0 aliphatic carbocycles. The van der Waals surface area contributed by atoms with Gasteiger partial charge in [-0.05, 0) is 43.4 Å². The molecule has 0 bridgehead atoms. The van der Waals surface area contributed by atoms with Crippen molar-refractivity contribution in [1.82, 2.24) is 4.98 Å². The predicted molar refractivity (Wildman–Crippen MR) is 63.9 cm³/mol. The number of H-pyrrole nitrogens is 1. The number of nitrogens with one attached hydrogen (secondary N) is 1. The Morgan fingerprint density at radius 1 is 1.00 bits per heavy atom. The Morgan fingerprint density at radius 2 is 1.64 bits per heavy atom. The molecule has 0 atom stereocenters. The topological polar surface area (TPSA) is 15.8 Å². The van der Waals surface area contributed by atoms with Crippen LogP contribution in [0.15, 0.2) is 18.2 Å². The Balaban J connectivity index is 0.000000461. The molecule has 0 aliphatic rings. The Bertz CT molecular complexity index is 424. The van der Waals surface area contributed by atoms with E-state index in [1.54, 1.807) is 0 Å². The first-order valence-electron chi connectivity index (χ1n) is 5.24. The lowest BCUT2D eigenvalue weighted by molar-refractivity contribution is 1.27. The van der Waals surface area contributed by atoms with E-state index in [0.29, 0.717) is 0 Å². The van der Waals surface area contributed by atoms with Crippen molar-refractivity contribution in [2.24, 2.45) is 0 Å². The zero-order chi connectivity index (χ0) is 10.7. The molecule has 0 aliphatic heterocycles. The van der Waals surface area contributed by atoms with Gasteiger partial charge in [-0.1, -0.05) is 26.0 Å². The third kappa shape index (κ3) is 1.82. The highest BCUT2D eigenvalue weighted by atomic mass is 14.7. The van der Waals surface area contributed by atoms with Gasteiger partial charge in [-0.15, -0.1) is 0 Å². The minimum Gasteiger partial charge on any atom is -0.358 e. The van der Waals surface area contributed by atoms with Crippen LogP contribution in [0, 0.1) is 20.8 Å². The fourth-order valence-electron chi connectivity index (χ4n) is 1.59. The van der Waals surface area contributed by atoms with Crippen LogP contribution in [0.5, 0.6) is 0 Å². The van der Waals surface area contributed by atoms with Gasteiger partial charge in [0.2, 0.25) is 0 Å². The summed E-state index contributed by atoms with van der Waals surface area (Å²) in [5.41, 5.74) is 5.23. The van der Waals surface area contributed by atoms with E-state index in [0.717, 1.165) is 0 Å². The summed E-state index contributed by atoms with van der Waals surface area (Å²) in [6, 6.07) is 6.52. The molecule has 1 aromatic heterocycles. The van der Waals surface area contributed by atoms with E-state index in [4.69, 9.17) is 0 Å². The quantitative estimate of drug-likeness (QED) is 0.641. The summed E-state index contributed by atoms with van der Waals surface area (Å²) in [5.74, 6) is 0. The van der Waals surface area contributed by atoms with E-state index in [2.05, 4.69) is 44.0 Å². The van der Waals surface area contributed by atoms with Crippen molar-refractivity contribution in [2.45, 2.75) is 34.6 Å². The minimum atomic E-state index is 1.23. The first-order valence-corrected chi connectivity index (χ1v) is 5.24. The van der Waals surface area contributed by atoms with Crippen molar-refractivity contribution in [1.29, 1.82) is 0 Å². The molecule has 0 fully saturated rings. The van der Waals surface area contributed by atoms with Crippen molar-refractivity contribution < 1.29 is 0 Å². The van der Waals surface area contributed by atoms with Crippen LogP contribution in [0.1, 0.15) is 30.7 Å². The maximum Gasteiger partial charge on any atom is 0.0488 e. The zero-order valence-corrected chi connectivity index (χ0v) is 9.73. The lowest BCUT2D eigenvalue weighted by atomic mass is 10.1. The molecule has 2 rings (SSSR count). The van der Waals surface area contributed by atoms with Crippen molar-refractivity contribution >= 4 is 10.9 Å². The lowest BCUT2D eigenvalue weighted by Crippen LogP contribution is -1.81. The van der Waals surface area contributed by atoms with Crippen LogP contribution in [0.4, 0.5) is 0 Å². The van der Waals surface area contributed by atoms with Gasteiger partial charge in [0.25, 0.3) is 0 Å². The van der Waals surface area contributed by atoms with E-state index in [1.807, 2.05) is 13.8 Å². The average molecular weight is 189 g/mol. The highest BCUT2D eigenvalue weighted by Gasteiger charge is 2.01. The van der Waals surface area contributed by atoms with E-state index >= 15 is 0 Å². The van der Waals surface area contributed by atoms with Crippen LogP contribution in [0.25, 0.3) is 10.9 Å². The summed E-state index contributed by atoms with van der Waals surface area (Å²) >= 11 is 0. The minimum absolute atomic E-state index is 1.23. The van der Waals surface area contributed by atoms with Crippen molar-refractivity contribution in [3.8, 4) is 0 Å². The van der Waals surface area contributed by atoms with Crippen LogP contribution in [0.3, 0.4) is 0 Å². The predicted octanol–water partition coefficient (Wildman–Crippen LogP) is 4.12. The smallest absolute Gasteiger partial charge is 0.0488 e. The Labute approximate surface area is 86.2 Å². The van der Waals surface area contributed by atoms with Gasteiger partial charge >= 0.3 is 0 Å². The fraction of sp³-hybridized carbons (Fsp3) is 0.385. The molecule has 0 spiro atoms. The third-order valence-corrected chi connectivity index (χ3v) is 2.46. The lowest BCUT2D eigenvalue weighted by Gasteiger charge is -1.99. The van der Waals surface area contributed by atoms with Crippen LogP contribution < -0.4 is 0 Å². The number of benzene rings is 1. The van der Waals surface area contributed by atoms with Gasteiger partial charge in [0.15, 0.2) is 0 Å². The molecule has 14 heavy (non-hydrogen) atoms. The molecule has 0 unspecified atom stereocenters. The van der Waals surface area contributed by atoms with Crippen molar-refractivity contribution in [3.63, 3.8) is 0 Å². The van der Waals surface area contributed by atoms with Crippen molar-refractivity contribution in [2.75, 3.05) is 0 Å². The van der Waals surface area contributed by atoms with Gasteiger partial charge in [0.05, 0.1) is 0 Å². The highest BCUT2D eigenvalue weighted by Crippen LogP contribution is 2.21. The number of fused-ring (bicyclic) bond motifs is 1. The maximum absolute atomic E-state index is 3.37. The number of aryl methyl sites for hydroxylation is 3.